The summed E-state index contributed by atoms with van der Waals surface area (Å²) in [6, 6.07) is 4.32. The van der Waals surface area contributed by atoms with Gasteiger partial charge in [0, 0.05) is 31.5 Å². The first-order chi connectivity index (χ1) is 10.2. The van der Waals surface area contributed by atoms with E-state index in [-0.39, 0.29) is 0 Å². The lowest BCUT2D eigenvalue weighted by Gasteiger charge is -2.07. The Kier molecular flexibility index (Phi) is 5.14. The molecule has 2 rings (SSSR count). The lowest BCUT2D eigenvalue weighted by molar-refractivity contribution is 0.0944. The molecule has 0 aliphatic rings. The monoisotopic (exact) mass is 292 g/mol. The number of anilines is 1. The Hall–Kier alpha value is -2.57. The third-order valence-corrected chi connectivity index (χ3v) is 2.65. The fourth-order valence-electron chi connectivity index (χ4n) is 1.66. The molecule has 1 amide bonds. The number of carbonyl (C=O) groups excluding carboxylic acids is 1. The fraction of sp³-hybridized carbons (Fsp3) is 0.214. The Labute approximate surface area is 120 Å². The average molecular weight is 292 g/mol. The highest BCUT2D eigenvalue weighted by Gasteiger charge is 2.13. The molecule has 0 unspecified atom stereocenters. The summed E-state index contributed by atoms with van der Waals surface area (Å²) >= 11 is 0. The summed E-state index contributed by atoms with van der Waals surface area (Å²) in [6.45, 7) is 0.982. The number of pyridine rings is 2. The van der Waals surface area contributed by atoms with E-state index in [1.54, 1.807) is 12.4 Å². The molecule has 0 saturated heterocycles. The Morgan fingerprint density at radius 1 is 1.24 bits per heavy atom. The van der Waals surface area contributed by atoms with Gasteiger partial charge < -0.3 is 10.6 Å². The third-order valence-electron chi connectivity index (χ3n) is 2.65. The van der Waals surface area contributed by atoms with Gasteiger partial charge in [0.2, 0.25) is 0 Å². The van der Waals surface area contributed by atoms with E-state index in [4.69, 9.17) is 0 Å². The van der Waals surface area contributed by atoms with Crippen LogP contribution in [0.4, 0.5) is 14.5 Å². The molecule has 0 aliphatic carbocycles. The molecule has 5 nitrogen and oxygen atoms in total. The second-order valence-electron chi connectivity index (χ2n) is 4.26. The Morgan fingerprint density at radius 3 is 2.81 bits per heavy atom. The van der Waals surface area contributed by atoms with E-state index in [1.165, 1.54) is 0 Å². The quantitative estimate of drug-likeness (QED) is 0.799. The summed E-state index contributed by atoms with van der Waals surface area (Å²) in [4.78, 5) is 19.0. The standard InChI is InChI=1S/C14H14F2N4O/c15-10-7-12(16)13(20-8-10)14(21)19-6-2-5-18-11-3-1-4-17-9-11/h1,3-4,7-9,18H,2,5-6H2,(H,19,21). The molecule has 2 aromatic heterocycles. The van der Waals surface area contributed by atoms with E-state index in [1.807, 2.05) is 12.1 Å². The Morgan fingerprint density at radius 2 is 2.10 bits per heavy atom. The van der Waals surface area contributed by atoms with Gasteiger partial charge in [-0.2, -0.15) is 0 Å². The van der Waals surface area contributed by atoms with Gasteiger partial charge in [-0.25, -0.2) is 13.8 Å². The second-order valence-corrected chi connectivity index (χ2v) is 4.26. The van der Waals surface area contributed by atoms with E-state index in [2.05, 4.69) is 20.6 Å². The maximum Gasteiger partial charge on any atom is 0.272 e. The zero-order chi connectivity index (χ0) is 15.1. The molecule has 0 aromatic carbocycles. The van der Waals surface area contributed by atoms with E-state index in [0.29, 0.717) is 25.6 Å². The van der Waals surface area contributed by atoms with Gasteiger partial charge >= 0.3 is 0 Å². The number of nitrogens with one attached hydrogen (secondary N) is 2. The number of hydrogen-bond acceptors (Lipinski definition) is 4. The molecule has 7 heteroatoms. The van der Waals surface area contributed by atoms with E-state index in [0.717, 1.165) is 11.9 Å². The summed E-state index contributed by atoms with van der Waals surface area (Å²) in [5.41, 5.74) is 0.478. The van der Waals surface area contributed by atoms with Gasteiger partial charge in [-0.15, -0.1) is 0 Å². The highest BCUT2D eigenvalue weighted by Crippen LogP contribution is 2.06. The topological polar surface area (TPSA) is 66.9 Å². The molecule has 21 heavy (non-hydrogen) atoms. The molecule has 0 fully saturated rings. The smallest absolute Gasteiger partial charge is 0.272 e. The highest BCUT2D eigenvalue weighted by molar-refractivity contribution is 5.92. The van der Waals surface area contributed by atoms with Gasteiger partial charge in [-0.05, 0) is 18.6 Å². The zero-order valence-electron chi connectivity index (χ0n) is 11.1. The number of hydrogen-bond donors (Lipinski definition) is 2. The molecule has 0 bridgehead atoms. The van der Waals surface area contributed by atoms with E-state index < -0.39 is 23.2 Å². The van der Waals surface area contributed by atoms with E-state index >= 15 is 0 Å². The predicted octanol–water partition coefficient (Wildman–Crippen LogP) is 1.99. The van der Waals surface area contributed by atoms with Crippen LogP contribution in [-0.4, -0.2) is 29.0 Å². The van der Waals surface area contributed by atoms with Crippen LogP contribution in [0, 0.1) is 11.6 Å². The number of rotatable bonds is 6. The normalized spacial score (nSPS) is 10.2. The number of halogens is 2. The van der Waals surface area contributed by atoms with Gasteiger partial charge in [0.25, 0.3) is 5.91 Å². The van der Waals surface area contributed by atoms with Crippen LogP contribution in [-0.2, 0) is 0 Å². The van der Waals surface area contributed by atoms with Crippen LogP contribution < -0.4 is 10.6 Å². The average Bonchev–Trinajstić information content (AvgIpc) is 2.47. The van der Waals surface area contributed by atoms with Crippen molar-refractivity contribution in [3.05, 3.63) is 54.1 Å². The number of nitrogens with zero attached hydrogens (tertiary/aromatic N) is 2. The second kappa shape index (κ2) is 7.28. The molecule has 0 saturated carbocycles. The summed E-state index contributed by atoms with van der Waals surface area (Å²) in [7, 11) is 0. The van der Waals surface area contributed by atoms with Crippen LogP contribution in [0.25, 0.3) is 0 Å². The van der Waals surface area contributed by atoms with Crippen LogP contribution >= 0.6 is 0 Å². The van der Waals surface area contributed by atoms with Crippen LogP contribution in [0.15, 0.2) is 36.8 Å². The van der Waals surface area contributed by atoms with Crippen molar-refractivity contribution in [3.63, 3.8) is 0 Å². The molecule has 2 heterocycles. The van der Waals surface area contributed by atoms with Crippen molar-refractivity contribution in [1.29, 1.82) is 0 Å². The molecule has 0 atom stereocenters. The van der Waals surface area contributed by atoms with Crippen molar-refractivity contribution in [2.45, 2.75) is 6.42 Å². The van der Waals surface area contributed by atoms with Gasteiger partial charge in [0.05, 0.1) is 11.9 Å². The van der Waals surface area contributed by atoms with Crippen molar-refractivity contribution in [2.75, 3.05) is 18.4 Å². The van der Waals surface area contributed by atoms with Crippen molar-refractivity contribution in [1.82, 2.24) is 15.3 Å². The summed E-state index contributed by atoms with van der Waals surface area (Å²) in [6.07, 6.45) is 4.82. The zero-order valence-corrected chi connectivity index (χ0v) is 11.1. The molecule has 0 spiro atoms. The van der Waals surface area contributed by atoms with Crippen LogP contribution in [0.2, 0.25) is 0 Å². The van der Waals surface area contributed by atoms with Crippen LogP contribution in [0.1, 0.15) is 16.9 Å². The summed E-state index contributed by atoms with van der Waals surface area (Å²) in [5.74, 6) is -2.44. The third kappa shape index (κ3) is 4.48. The van der Waals surface area contributed by atoms with Crippen LogP contribution in [0.3, 0.4) is 0 Å². The van der Waals surface area contributed by atoms with Crippen molar-refractivity contribution < 1.29 is 13.6 Å². The lowest BCUT2D eigenvalue weighted by Crippen LogP contribution is -2.27. The largest absolute Gasteiger partial charge is 0.384 e. The highest BCUT2D eigenvalue weighted by atomic mass is 19.1. The first-order valence-corrected chi connectivity index (χ1v) is 6.40. The van der Waals surface area contributed by atoms with Gasteiger partial charge in [0.15, 0.2) is 11.5 Å². The molecular weight excluding hydrogens is 278 g/mol. The van der Waals surface area contributed by atoms with Gasteiger partial charge in [0.1, 0.15) is 5.82 Å². The number of amides is 1. The minimum Gasteiger partial charge on any atom is -0.384 e. The minimum absolute atomic E-state index is 0.352. The molecule has 2 N–H and O–H groups in total. The molecule has 2 aromatic rings. The molecule has 0 radical (unpaired) electrons. The van der Waals surface area contributed by atoms with Crippen LogP contribution in [0.5, 0.6) is 0 Å². The Bertz CT molecular complexity index is 607. The van der Waals surface area contributed by atoms with Crippen molar-refractivity contribution >= 4 is 11.6 Å². The molecular formula is C14H14F2N4O. The molecule has 110 valence electrons. The SMILES string of the molecule is O=C(NCCCNc1cccnc1)c1ncc(F)cc1F. The summed E-state index contributed by atoms with van der Waals surface area (Å²) < 4.78 is 26.0. The predicted molar refractivity (Wildman–Crippen MR) is 73.8 cm³/mol. The van der Waals surface area contributed by atoms with Crippen molar-refractivity contribution in [3.8, 4) is 0 Å². The maximum atomic E-state index is 13.3. The van der Waals surface area contributed by atoms with Crippen molar-refractivity contribution in [2.24, 2.45) is 0 Å². The van der Waals surface area contributed by atoms with E-state index in [9.17, 15) is 13.6 Å². The fourth-order valence-corrected chi connectivity index (χ4v) is 1.66. The number of aromatic nitrogens is 2. The van der Waals surface area contributed by atoms with Gasteiger partial charge in [-0.3, -0.25) is 9.78 Å². The first kappa shape index (κ1) is 14.8. The minimum atomic E-state index is -0.971. The maximum absolute atomic E-state index is 13.3. The molecule has 0 aliphatic heterocycles. The Balaban J connectivity index is 1.72. The first-order valence-electron chi connectivity index (χ1n) is 6.40. The number of carbonyl (C=O) groups is 1. The lowest BCUT2D eigenvalue weighted by atomic mass is 10.3. The summed E-state index contributed by atoms with van der Waals surface area (Å²) in [5, 5.41) is 5.65. The van der Waals surface area contributed by atoms with Gasteiger partial charge in [-0.1, -0.05) is 0 Å².